The number of aryl methyl sites for hydroxylation is 2. The van der Waals surface area contributed by atoms with Gasteiger partial charge in [-0.1, -0.05) is 0 Å². The number of alkyl halides is 3. The van der Waals surface area contributed by atoms with Crippen LogP contribution in [0.5, 0.6) is 0 Å². The number of aromatic nitrogens is 5. The lowest BCUT2D eigenvalue weighted by atomic mass is 10.2. The summed E-state index contributed by atoms with van der Waals surface area (Å²) in [5.74, 6) is -1.76. The summed E-state index contributed by atoms with van der Waals surface area (Å²) in [4.78, 5) is 23.0. The van der Waals surface area contributed by atoms with E-state index in [1.807, 2.05) is 0 Å². The van der Waals surface area contributed by atoms with Gasteiger partial charge in [-0.15, -0.1) is 5.10 Å². The van der Waals surface area contributed by atoms with Crippen LogP contribution in [0.2, 0.25) is 0 Å². The van der Waals surface area contributed by atoms with Gasteiger partial charge in [-0.2, -0.15) is 17.9 Å². The van der Waals surface area contributed by atoms with Gasteiger partial charge in [0, 0.05) is 12.0 Å². The van der Waals surface area contributed by atoms with E-state index in [0.29, 0.717) is 18.1 Å². The summed E-state index contributed by atoms with van der Waals surface area (Å²) >= 11 is 0. The lowest BCUT2D eigenvalue weighted by Gasteiger charge is -2.10. The zero-order chi connectivity index (χ0) is 18.4. The number of esters is 1. The number of nitrogens with zero attached hydrogens (tertiary/aromatic N) is 5. The average molecular weight is 355 g/mol. The first-order chi connectivity index (χ1) is 11.7. The molecule has 0 saturated heterocycles. The minimum absolute atomic E-state index is 0.0232. The van der Waals surface area contributed by atoms with Gasteiger partial charge in [-0.05, 0) is 27.2 Å². The van der Waals surface area contributed by atoms with Crippen LogP contribution >= 0.6 is 0 Å². The molecule has 0 unspecified atom stereocenters. The van der Waals surface area contributed by atoms with Crippen molar-refractivity contribution in [3.63, 3.8) is 0 Å². The number of halogens is 3. The third-order valence-electron chi connectivity index (χ3n) is 3.84. The summed E-state index contributed by atoms with van der Waals surface area (Å²) in [6.07, 6.45) is -4.30. The van der Waals surface area contributed by atoms with Crippen LogP contribution in [0.3, 0.4) is 0 Å². The number of rotatable bonds is 4. The number of hydrogen-bond donors (Lipinski definition) is 0. The van der Waals surface area contributed by atoms with Gasteiger partial charge in [0.1, 0.15) is 11.6 Å². The largest absolute Gasteiger partial charge is 0.466 e. The van der Waals surface area contributed by atoms with E-state index in [2.05, 4.69) is 20.1 Å². The fourth-order valence-corrected chi connectivity index (χ4v) is 2.65. The SMILES string of the molecule is CCOC(=O)[C@@H]1C[C@H]1c1cc(-n2nc(C)nc2C)nc(C(F)(F)F)n1. The molecule has 0 N–H and O–H groups in total. The third kappa shape index (κ3) is 3.47. The third-order valence-corrected chi connectivity index (χ3v) is 3.84. The van der Waals surface area contributed by atoms with Crippen molar-refractivity contribution in [2.24, 2.45) is 5.92 Å². The summed E-state index contributed by atoms with van der Waals surface area (Å²) in [6, 6.07) is 1.42. The number of carbonyl (C=O) groups excluding carboxylic acids is 1. The first-order valence-electron chi connectivity index (χ1n) is 7.74. The van der Waals surface area contributed by atoms with Crippen LogP contribution in [-0.2, 0) is 15.7 Å². The maximum atomic E-state index is 13.2. The highest BCUT2D eigenvalue weighted by atomic mass is 19.4. The Morgan fingerprint density at radius 1 is 1.32 bits per heavy atom. The molecule has 2 aromatic heterocycles. The van der Waals surface area contributed by atoms with Crippen LogP contribution in [0.15, 0.2) is 6.07 Å². The summed E-state index contributed by atoms with van der Waals surface area (Å²) in [6.45, 7) is 5.15. The van der Waals surface area contributed by atoms with Crippen molar-refractivity contribution in [2.45, 2.75) is 39.3 Å². The Kier molecular flexibility index (Phi) is 4.21. The van der Waals surface area contributed by atoms with Crippen molar-refractivity contribution in [2.75, 3.05) is 6.61 Å². The highest BCUT2D eigenvalue weighted by Crippen LogP contribution is 2.48. The zero-order valence-corrected chi connectivity index (χ0v) is 13.8. The van der Waals surface area contributed by atoms with Crippen LogP contribution in [-0.4, -0.2) is 37.3 Å². The van der Waals surface area contributed by atoms with Gasteiger partial charge in [0.05, 0.1) is 18.2 Å². The molecule has 1 saturated carbocycles. The Balaban J connectivity index is 2.01. The van der Waals surface area contributed by atoms with Gasteiger partial charge in [0.25, 0.3) is 0 Å². The van der Waals surface area contributed by atoms with E-state index in [0.717, 1.165) is 0 Å². The molecule has 0 aromatic carbocycles. The molecule has 1 aliphatic rings. The molecule has 0 amide bonds. The monoisotopic (exact) mass is 355 g/mol. The van der Waals surface area contributed by atoms with E-state index in [9.17, 15) is 18.0 Å². The van der Waals surface area contributed by atoms with Crippen LogP contribution in [0.4, 0.5) is 13.2 Å². The molecule has 10 heteroatoms. The molecule has 25 heavy (non-hydrogen) atoms. The second kappa shape index (κ2) is 6.08. The van der Waals surface area contributed by atoms with Crippen molar-refractivity contribution in [1.82, 2.24) is 24.7 Å². The second-order valence-electron chi connectivity index (χ2n) is 5.79. The van der Waals surface area contributed by atoms with Gasteiger partial charge in [-0.25, -0.2) is 15.0 Å². The number of carbonyl (C=O) groups is 1. The molecule has 0 aliphatic heterocycles. The quantitative estimate of drug-likeness (QED) is 0.783. The molecule has 134 valence electrons. The van der Waals surface area contributed by atoms with E-state index in [4.69, 9.17) is 4.74 Å². The molecule has 0 radical (unpaired) electrons. The van der Waals surface area contributed by atoms with Crippen LogP contribution in [0.1, 0.15) is 42.4 Å². The van der Waals surface area contributed by atoms with Gasteiger partial charge >= 0.3 is 12.1 Å². The minimum atomic E-state index is -4.71. The Morgan fingerprint density at radius 2 is 2.04 bits per heavy atom. The normalized spacial score (nSPS) is 19.8. The van der Waals surface area contributed by atoms with Crippen molar-refractivity contribution in [1.29, 1.82) is 0 Å². The highest BCUT2D eigenvalue weighted by molar-refractivity contribution is 5.77. The Morgan fingerprint density at radius 3 is 2.60 bits per heavy atom. The molecular weight excluding hydrogens is 339 g/mol. The Hall–Kier alpha value is -2.52. The molecule has 1 aliphatic carbocycles. The van der Waals surface area contributed by atoms with Gasteiger partial charge < -0.3 is 4.74 Å². The van der Waals surface area contributed by atoms with E-state index in [-0.39, 0.29) is 18.1 Å². The molecular formula is C15H16F3N5O2. The Bertz CT molecular complexity index is 818. The molecule has 2 atom stereocenters. The van der Waals surface area contributed by atoms with Crippen LogP contribution in [0, 0.1) is 19.8 Å². The molecule has 0 bridgehead atoms. The highest BCUT2D eigenvalue weighted by Gasteiger charge is 2.47. The van der Waals surface area contributed by atoms with Crippen molar-refractivity contribution in [3.8, 4) is 5.82 Å². The average Bonchev–Trinajstić information content (AvgIpc) is 3.25. The standard InChI is InChI=1S/C15H16F3N5O2/c1-4-25-13(24)10-5-9(10)11-6-12(21-14(20-11)15(16,17)18)23-8(3)19-7(2)22-23/h6,9-10H,4-5H2,1-3H3/t9-,10-/m1/s1. The van der Waals surface area contributed by atoms with Crippen LogP contribution < -0.4 is 0 Å². The predicted octanol–water partition coefficient (Wildman–Crippen LogP) is 2.36. The van der Waals surface area contributed by atoms with E-state index in [1.165, 1.54) is 10.7 Å². The molecule has 0 spiro atoms. The lowest BCUT2D eigenvalue weighted by Crippen LogP contribution is -2.16. The van der Waals surface area contributed by atoms with E-state index in [1.54, 1.807) is 20.8 Å². The maximum Gasteiger partial charge on any atom is 0.451 e. The topological polar surface area (TPSA) is 82.8 Å². The second-order valence-corrected chi connectivity index (χ2v) is 5.79. The summed E-state index contributed by atoms with van der Waals surface area (Å²) in [7, 11) is 0. The van der Waals surface area contributed by atoms with Gasteiger partial charge in [-0.3, -0.25) is 4.79 Å². The minimum Gasteiger partial charge on any atom is -0.466 e. The fourth-order valence-electron chi connectivity index (χ4n) is 2.65. The van der Waals surface area contributed by atoms with Crippen molar-refractivity contribution < 1.29 is 22.7 Å². The molecule has 3 rings (SSSR count). The summed E-state index contributed by atoms with van der Waals surface area (Å²) in [5.41, 5.74) is 0.155. The first kappa shape index (κ1) is 17.3. The zero-order valence-electron chi connectivity index (χ0n) is 13.8. The molecule has 1 fully saturated rings. The molecule has 7 nitrogen and oxygen atoms in total. The van der Waals surface area contributed by atoms with E-state index >= 15 is 0 Å². The summed E-state index contributed by atoms with van der Waals surface area (Å²) in [5, 5.41) is 4.06. The van der Waals surface area contributed by atoms with E-state index < -0.39 is 29.8 Å². The fraction of sp³-hybridized carbons (Fsp3) is 0.533. The van der Waals surface area contributed by atoms with Crippen molar-refractivity contribution in [3.05, 3.63) is 29.2 Å². The number of ether oxygens (including phenoxy) is 1. The molecule has 2 heterocycles. The number of hydrogen-bond acceptors (Lipinski definition) is 6. The Labute approximate surface area is 141 Å². The smallest absolute Gasteiger partial charge is 0.451 e. The first-order valence-corrected chi connectivity index (χ1v) is 7.74. The van der Waals surface area contributed by atoms with Gasteiger partial charge in [0.15, 0.2) is 5.82 Å². The molecule has 2 aromatic rings. The van der Waals surface area contributed by atoms with Crippen LogP contribution in [0.25, 0.3) is 5.82 Å². The predicted molar refractivity (Wildman–Crippen MR) is 78.9 cm³/mol. The summed E-state index contributed by atoms with van der Waals surface area (Å²) < 4.78 is 45.7. The maximum absolute atomic E-state index is 13.2. The van der Waals surface area contributed by atoms with Crippen molar-refractivity contribution >= 4 is 5.97 Å². The van der Waals surface area contributed by atoms with Gasteiger partial charge in [0.2, 0.25) is 5.82 Å². The lowest BCUT2D eigenvalue weighted by molar-refractivity contribution is -0.145.